The molecule has 0 amide bonds. The van der Waals surface area contributed by atoms with Gasteiger partial charge in [0.05, 0.1) is 0 Å². The van der Waals surface area contributed by atoms with Gasteiger partial charge < -0.3 is 0 Å². The number of hydrogen-bond acceptors (Lipinski definition) is 0. The molecule has 0 spiro atoms. The summed E-state index contributed by atoms with van der Waals surface area (Å²) in [6.45, 7) is 2.08. The predicted molar refractivity (Wildman–Crippen MR) is 50.0 cm³/mol. The fraction of sp³-hybridized carbons (Fsp3) is 0.143. The van der Waals surface area contributed by atoms with E-state index in [-0.39, 0.29) is 0 Å². The van der Waals surface area contributed by atoms with E-state index < -0.39 is 20.8 Å². The van der Waals surface area contributed by atoms with E-state index in [0.717, 1.165) is 0 Å². The molecule has 0 fully saturated rings. The Morgan fingerprint density at radius 2 is 1.50 bits per heavy atom. The van der Waals surface area contributed by atoms with Crippen LogP contribution in [0, 0.1) is 6.92 Å². The zero-order chi connectivity index (χ0) is 7.82. The third kappa shape index (κ3) is 6.80. The molecule has 0 bridgehead atoms. The number of rotatable bonds is 0. The first-order valence-corrected chi connectivity index (χ1v) is 12.4. The summed E-state index contributed by atoms with van der Waals surface area (Å²) in [5.74, 6) is 0. The van der Waals surface area contributed by atoms with Gasteiger partial charge in [-0.15, -0.1) is 0 Å². The zero-order valence-corrected chi connectivity index (χ0v) is 11.0. The molecule has 1 aromatic carbocycles. The standard InChI is InChI=1S/C7H8.Bi.2ClH.H/c1-7-5-3-2-4-6-7;;;;/h2-6H,1H3;;2*1H;/q;+2;;;/p-2. The Morgan fingerprint density at radius 3 is 1.70 bits per heavy atom. The molecule has 10 heavy (non-hydrogen) atoms. The molecule has 0 heterocycles. The van der Waals surface area contributed by atoms with Gasteiger partial charge in [-0.25, -0.2) is 0 Å². The van der Waals surface area contributed by atoms with Crippen molar-refractivity contribution in [3.8, 4) is 0 Å². The van der Waals surface area contributed by atoms with Gasteiger partial charge in [-0.1, -0.05) is 35.9 Å². The topological polar surface area (TPSA) is 0 Å². The van der Waals surface area contributed by atoms with Gasteiger partial charge in [0.1, 0.15) is 0 Å². The van der Waals surface area contributed by atoms with Crippen molar-refractivity contribution < 1.29 is 0 Å². The molecular formula is C7H9BiCl2. The van der Waals surface area contributed by atoms with E-state index in [1.54, 1.807) is 0 Å². The normalized spacial score (nSPS) is 7.90. The molecule has 1 aromatic rings. The van der Waals surface area contributed by atoms with Crippen LogP contribution >= 0.6 is 17.0 Å². The summed E-state index contributed by atoms with van der Waals surface area (Å²) in [4.78, 5) is 0. The Kier molecular flexibility index (Phi) is 8.32. The Hall–Kier alpha value is 0.683. The van der Waals surface area contributed by atoms with Gasteiger partial charge in [-0.2, -0.15) is 0 Å². The maximum atomic E-state index is 4.96. The second kappa shape index (κ2) is 7.79. The van der Waals surface area contributed by atoms with Crippen molar-refractivity contribution >= 4 is 37.9 Å². The van der Waals surface area contributed by atoms with E-state index in [1.165, 1.54) is 5.56 Å². The quantitative estimate of drug-likeness (QED) is 0.614. The molecule has 3 heteroatoms. The van der Waals surface area contributed by atoms with Gasteiger partial charge in [-0.3, -0.25) is 0 Å². The maximum absolute atomic E-state index is 4.96. The van der Waals surface area contributed by atoms with E-state index in [0.29, 0.717) is 0 Å². The first-order chi connectivity index (χ1) is 4.81. The third-order valence-corrected chi connectivity index (χ3v) is 0.940. The zero-order valence-electron chi connectivity index (χ0n) is 5.64. The predicted octanol–water partition coefficient (Wildman–Crippen LogP) is 2.73. The Morgan fingerprint density at radius 1 is 1.10 bits per heavy atom. The minimum atomic E-state index is -0.972. The summed E-state index contributed by atoms with van der Waals surface area (Å²) in [5, 5.41) is 0. The fourth-order valence-corrected chi connectivity index (χ4v) is 0.534. The van der Waals surface area contributed by atoms with Crippen LogP contribution in [0.1, 0.15) is 5.56 Å². The summed E-state index contributed by atoms with van der Waals surface area (Å²) in [7, 11) is 9.92. The van der Waals surface area contributed by atoms with Gasteiger partial charge in [0, 0.05) is 0 Å². The third-order valence-electron chi connectivity index (χ3n) is 0.940. The van der Waals surface area contributed by atoms with Crippen LogP contribution < -0.4 is 0 Å². The van der Waals surface area contributed by atoms with Gasteiger partial charge in [0.15, 0.2) is 0 Å². The SMILES string of the molecule is Cc1ccccc1.[Cl][BiH][Cl]. The summed E-state index contributed by atoms with van der Waals surface area (Å²) in [6, 6.07) is 10.3. The van der Waals surface area contributed by atoms with E-state index in [1.807, 2.05) is 18.2 Å². The van der Waals surface area contributed by atoms with Gasteiger partial charge in [-0.05, 0) is 6.92 Å². The van der Waals surface area contributed by atoms with Crippen molar-refractivity contribution in [3.63, 3.8) is 0 Å². The van der Waals surface area contributed by atoms with Crippen LogP contribution in [0.3, 0.4) is 0 Å². The van der Waals surface area contributed by atoms with Crippen LogP contribution in [-0.2, 0) is 0 Å². The van der Waals surface area contributed by atoms with Crippen molar-refractivity contribution in [2.75, 3.05) is 0 Å². The molecule has 0 unspecified atom stereocenters. The molecule has 0 N–H and O–H groups in total. The minimum absolute atomic E-state index is 0.972. The molecule has 0 aliphatic heterocycles. The van der Waals surface area contributed by atoms with Crippen LogP contribution in [0.2, 0.25) is 0 Å². The molecule has 0 aliphatic rings. The number of halogens is 2. The Labute approximate surface area is 80.2 Å². The van der Waals surface area contributed by atoms with Crippen LogP contribution in [-0.4, -0.2) is 20.8 Å². The number of hydrogen-bond donors (Lipinski definition) is 0. The van der Waals surface area contributed by atoms with Crippen molar-refractivity contribution in [2.24, 2.45) is 0 Å². The van der Waals surface area contributed by atoms with E-state index >= 15 is 0 Å². The molecule has 0 aromatic heterocycles. The fourth-order valence-electron chi connectivity index (χ4n) is 0.534. The van der Waals surface area contributed by atoms with Crippen LogP contribution in [0.4, 0.5) is 0 Å². The Bertz CT molecular complexity index is 153. The molecule has 0 radical (unpaired) electrons. The van der Waals surface area contributed by atoms with E-state index in [2.05, 4.69) is 19.1 Å². The molecule has 1 rings (SSSR count). The summed E-state index contributed by atoms with van der Waals surface area (Å²) in [5.41, 5.74) is 1.32. The average molecular weight is 373 g/mol. The van der Waals surface area contributed by atoms with Gasteiger partial charge in [0.25, 0.3) is 0 Å². The van der Waals surface area contributed by atoms with Crippen molar-refractivity contribution in [3.05, 3.63) is 35.9 Å². The van der Waals surface area contributed by atoms with Gasteiger partial charge in [0.2, 0.25) is 0 Å². The molecule has 0 saturated heterocycles. The molecule has 0 saturated carbocycles. The molecule has 0 aliphatic carbocycles. The second-order valence-electron chi connectivity index (χ2n) is 1.73. The Balaban J connectivity index is 0.000000236. The van der Waals surface area contributed by atoms with Crippen molar-refractivity contribution in [1.29, 1.82) is 0 Å². The summed E-state index contributed by atoms with van der Waals surface area (Å²) >= 11 is -0.972. The van der Waals surface area contributed by atoms with Crippen LogP contribution in [0.15, 0.2) is 30.3 Å². The summed E-state index contributed by atoms with van der Waals surface area (Å²) in [6.07, 6.45) is 0. The first-order valence-electron chi connectivity index (χ1n) is 2.79. The van der Waals surface area contributed by atoms with Crippen molar-refractivity contribution in [2.45, 2.75) is 6.92 Å². The monoisotopic (exact) mass is 372 g/mol. The molecule has 56 valence electrons. The number of aryl methyl sites for hydroxylation is 1. The number of benzene rings is 1. The van der Waals surface area contributed by atoms with Gasteiger partial charge >= 0.3 is 37.9 Å². The van der Waals surface area contributed by atoms with Crippen LogP contribution in [0.5, 0.6) is 0 Å². The second-order valence-corrected chi connectivity index (χ2v) is 7.30. The van der Waals surface area contributed by atoms with E-state index in [9.17, 15) is 0 Å². The molecular weight excluding hydrogens is 364 g/mol. The summed E-state index contributed by atoms with van der Waals surface area (Å²) < 4.78 is 0. The van der Waals surface area contributed by atoms with E-state index in [4.69, 9.17) is 17.0 Å². The van der Waals surface area contributed by atoms with Crippen molar-refractivity contribution in [1.82, 2.24) is 0 Å². The average Bonchev–Trinajstić information content (AvgIpc) is 1.91. The molecule has 0 atom stereocenters. The molecule has 0 nitrogen and oxygen atoms in total. The van der Waals surface area contributed by atoms with Crippen LogP contribution in [0.25, 0.3) is 0 Å². The first kappa shape index (κ1) is 10.7.